The highest BCUT2D eigenvalue weighted by Gasteiger charge is 2.29. The summed E-state index contributed by atoms with van der Waals surface area (Å²) in [4.78, 5) is 6.76. The zero-order valence-corrected chi connectivity index (χ0v) is 18.6. The second-order valence-electron chi connectivity index (χ2n) is 7.90. The van der Waals surface area contributed by atoms with E-state index in [-0.39, 0.29) is 5.82 Å². The molecule has 7 nitrogen and oxygen atoms in total. The van der Waals surface area contributed by atoms with Crippen LogP contribution in [-0.4, -0.2) is 53.9 Å². The van der Waals surface area contributed by atoms with Gasteiger partial charge in [-0.15, -0.1) is 0 Å². The molecule has 9 heteroatoms. The second kappa shape index (κ2) is 8.49. The van der Waals surface area contributed by atoms with E-state index < -0.39 is 10.0 Å². The molecule has 0 amide bonds. The van der Waals surface area contributed by atoms with E-state index in [9.17, 15) is 12.8 Å². The molecule has 0 atom stereocenters. The number of benzene rings is 2. The van der Waals surface area contributed by atoms with Crippen molar-refractivity contribution in [3.63, 3.8) is 0 Å². The Morgan fingerprint density at radius 3 is 2.35 bits per heavy atom. The molecule has 0 unspecified atom stereocenters. The van der Waals surface area contributed by atoms with Crippen molar-refractivity contribution >= 4 is 10.0 Å². The van der Waals surface area contributed by atoms with Crippen LogP contribution in [0.2, 0.25) is 0 Å². The fourth-order valence-electron chi connectivity index (χ4n) is 3.51. The standard InChI is InChI=1S/C22H25FN4O3S/c1-15-5-7-19(12-17(15)3)31(28,29)27-10-8-26(9-11-27)14-21-24-22(25-30-21)18-6-4-16(2)20(23)13-18/h4-7,12-13H,8-11,14H2,1-3H3. The average Bonchev–Trinajstić information content (AvgIpc) is 3.21. The van der Waals surface area contributed by atoms with Crippen LogP contribution in [0.1, 0.15) is 22.6 Å². The molecule has 2 aromatic carbocycles. The average molecular weight is 445 g/mol. The molecule has 1 aromatic heterocycles. The normalized spacial score (nSPS) is 16.0. The Kier molecular flexibility index (Phi) is 5.92. The number of nitrogens with zero attached hydrogens (tertiary/aromatic N) is 4. The molecule has 4 rings (SSSR count). The number of piperazine rings is 1. The third kappa shape index (κ3) is 4.53. The van der Waals surface area contributed by atoms with Gasteiger partial charge in [0.25, 0.3) is 0 Å². The summed E-state index contributed by atoms with van der Waals surface area (Å²) in [6.45, 7) is 7.87. The zero-order chi connectivity index (χ0) is 22.2. The Bertz CT molecular complexity index is 1200. The van der Waals surface area contributed by atoms with Crippen molar-refractivity contribution < 1.29 is 17.3 Å². The summed E-state index contributed by atoms with van der Waals surface area (Å²) in [7, 11) is -3.52. The Hall–Kier alpha value is -2.62. The number of rotatable bonds is 5. The SMILES string of the molecule is Cc1ccc(S(=O)(=O)N2CCN(Cc3nc(-c4ccc(C)c(F)c4)no3)CC2)cc1C. The molecule has 31 heavy (non-hydrogen) atoms. The van der Waals surface area contributed by atoms with Crippen molar-refractivity contribution in [2.45, 2.75) is 32.2 Å². The molecule has 1 aliphatic heterocycles. The lowest BCUT2D eigenvalue weighted by molar-refractivity contribution is 0.163. The van der Waals surface area contributed by atoms with E-state index in [0.29, 0.717) is 60.5 Å². The lowest BCUT2D eigenvalue weighted by Crippen LogP contribution is -2.48. The van der Waals surface area contributed by atoms with Gasteiger partial charge in [0, 0.05) is 31.7 Å². The van der Waals surface area contributed by atoms with E-state index in [1.54, 1.807) is 31.2 Å². The third-order valence-corrected chi connectivity index (χ3v) is 7.60. The number of hydrogen-bond donors (Lipinski definition) is 0. The molecule has 2 heterocycles. The van der Waals surface area contributed by atoms with Gasteiger partial charge in [0.2, 0.25) is 21.7 Å². The molecule has 0 N–H and O–H groups in total. The minimum absolute atomic E-state index is 0.315. The van der Waals surface area contributed by atoms with Gasteiger partial charge in [-0.1, -0.05) is 23.4 Å². The number of aryl methyl sites for hydroxylation is 3. The van der Waals surface area contributed by atoms with Gasteiger partial charge in [-0.2, -0.15) is 9.29 Å². The maximum Gasteiger partial charge on any atom is 0.243 e. The minimum atomic E-state index is -3.52. The van der Waals surface area contributed by atoms with Crippen molar-refractivity contribution in [2.75, 3.05) is 26.2 Å². The molecule has 0 spiro atoms. The van der Waals surface area contributed by atoms with Crippen LogP contribution in [0.15, 0.2) is 45.8 Å². The quantitative estimate of drug-likeness (QED) is 0.601. The highest BCUT2D eigenvalue weighted by atomic mass is 32.2. The predicted molar refractivity (Wildman–Crippen MR) is 114 cm³/mol. The molecule has 0 bridgehead atoms. The van der Waals surface area contributed by atoms with Crippen LogP contribution in [0.25, 0.3) is 11.4 Å². The lowest BCUT2D eigenvalue weighted by Gasteiger charge is -2.33. The molecule has 0 saturated carbocycles. The zero-order valence-electron chi connectivity index (χ0n) is 17.8. The van der Waals surface area contributed by atoms with Crippen molar-refractivity contribution in [2.24, 2.45) is 0 Å². The summed E-state index contributed by atoms with van der Waals surface area (Å²) >= 11 is 0. The van der Waals surface area contributed by atoms with Crippen LogP contribution in [0.5, 0.6) is 0 Å². The van der Waals surface area contributed by atoms with Gasteiger partial charge in [-0.25, -0.2) is 12.8 Å². The molecular formula is C22H25FN4O3S. The molecule has 1 saturated heterocycles. The number of sulfonamides is 1. The van der Waals surface area contributed by atoms with Crippen molar-refractivity contribution in [1.29, 1.82) is 0 Å². The van der Waals surface area contributed by atoms with Crippen molar-refractivity contribution in [3.05, 3.63) is 64.8 Å². The smallest absolute Gasteiger partial charge is 0.243 e. The second-order valence-corrected chi connectivity index (χ2v) is 9.84. The van der Waals surface area contributed by atoms with Gasteiger partial charge >= 0.3 is 0 Å². The van der Waals surface area contributed by atoms with E-state index in [4.69, 9.17) is 4.52 Å². The molecule has 0 radical (unpaired) electrons. The summed E-state index contributed by atoms with van der Waals surface area (Å²) in [5.74, 6) is 0.441. The van der Waals surface area contributed by atoms with Crippen LogP contribution >= 0.6 is 0 Å². The summed E-state index contributed by atoms with van der Waals surface area (Å²) in [5, 5.41) is 3.95. The summed E-state index contributed by atoms with van der Waals surface area (Å²) in [6.07, 6.45) is 0. The highest BCUT2D eigenvalue weighted by molar-refractivity contribution is 7.89. The number of halogens is 1. The Balaban J connectivity index is 1.39. The first kappa shape index (κ1) is 21.6. The van der Waals surface area contributed by atoms with Crippen molar-refractivity contribution in [1.82, 2.24) is 19.3 Å². The van der Waals surface area contributed by atoms with Gasteiger partial charge in [0.05, 0.1) is 11.4 Å². The maximum atomic E-state index is 13.8. The minimum Gasteiger partial charge on any atom is -0.338 e. The van der Waals surface area contributed by atoms with Crippen molar-refractivity contribution in [3.8, 4) is 11.4 Å². The topological polar surface area (TPSA) is 79.5 Å². The Morgan fingerprint density at radius 2 is 1.68 bits per heavy atom. The van der Waals surface area contributed by atoms with E-state index in [1.807, 2.05) is 19.9 Å². The largest absolute Gasteiger partial charge is 0.338 e. The van der Waals surface area contributed by atoms with E-state index >= 15 is 0 Å². The lowest BCUT2D eigenvalue weighted by atomic mass is 10.1. The Morgan fingerprint density at radius 1 is 0.968 bits per heavy atom. The van der Waals surface area contributed by atoms with E-state index in [0.717, 1.165) is 11.1 Å². The van der Waals surface area contributed by atoms with E-state index in [2.05, 4.69) is 15.0 Å². The number of aromatic nitrogens is 2. The summed E-state index contributed by atoms with van der Waals surface area (Å²) in [5.41, 5.74) is 3.14. The van der Waals surface area contributed by atoms with Gasteiger partial charge in [0.1, 0.15) is 5.82 Å². The predicted octanol–water partition coefficient (Wildman–Crippen LogP) is 3.31. The van der Waals surface area contributed by atoms with Crippen LogP contribution in [0.3, 0.4) is 0 Å². The first-order chi connectivity index (χ1) is 14.7. The molecule has 0 aliphatic carbocycles. The van der Waals surface area contributed by atoms with Crippen LogP contribution in [0, 0.1) is 26.6 Å². The van der Waals surface area contributed by atoms with E-state index in [1.165, 1.54) is 10.4 Å². The maximum absolute atomic E-state index is 13.8. The van der Waals surface area contributed by atoms with Gasteiger partial charge < -0.3 is 4.52 Å². The summed E-state index contributed by atoms with van der Waals surface area (Å²) < 4.78 is 46.6. The molecular weight excluding hydrogens is 419 g/mol. The van der Waals surface area contributed by atoms with Crippen LogP contribution < -0.4 is 0 Å². The van der Waals surface area contributed by atoms with Gasteiger partial charge in [-0.3, -0.25) is 4.90 Å². The molecule has 1 fully saturated rings. The van der Waals surface area contributed by atoms with Crippen LogP contribution in [-0.2, 0) is 16.6 Å². The van der Waals surface area contributed by atoms with Gasteiger partial charge in [0.15, 0.2) is 0 Å². The first-order valence-corrected chi connectivity index (χ1v) is 11.6. The Labute approximate surface area is 181 Å². The summed E-state index contributed by atoms with van der Waals surface area (Å²) in [6, 6.07) is 10.0. The fraction of sp³-hybridized carbons (Fsp3) is 0.364. The van der Waals surface area contributed by atoms with Crippen LogP contribution in [0.4, 0.5) is 4.39 Å². The molecule has 1 aliphatic rings. The first-order valence-electron chi connectivity index (χ1n) is 10.1. The van der Waals surface area contributed by atoms with Gasteiger partial charge in [-0.05, 0) is 55.7 Å². The highest BCUT2D eigenvalue weighted by Crippen LogP contribution is 2.22. The monoisotopic (exact) mass is 444 g/mol. The molecule has 164 valence electrons. The number of hydrogen-bond acceptors (Lipinski definition) is 6. The molecule has 3 aromatic rings. The third-order valence-electron chi connectivity index (χ3n) is 5.70. The fourth-order valence-corrected chi connectivity index (χ4v) is 5.02.